The number of nitrogens with zero attached hydrogens (tertiary/aromatic N) is 1. The molecule has 0 unspecified atom stereocenters. The molecule has 0 fully saturated rings. The molecule has 4 aromatic carbocycles. The number of benzene rings is 4. The van der Waals surface area contributed by atoms with Crippen LogP contribution in [0.4, 0.5) is 21.9 Å². The second-order valence-corrected chi connectivity index (χ2v) is 9.26. The molecule has 4 rings (SSSR count). The van der Waals surface area contributed by atoms with E-state index in [0.29, 0.717) is 46.8 Å². The van der Waals surface area contributed by atoms with Crippen molar-refractivity contribution >= 4 is 29.1 Å². The predicted molar refractivity (Wildman–Crippen MR) is 161 cm³/mol. The highest BCUT2D eigenvalue weighted by Crippen LogP contribution is 2.30. The SMILES string of the molecule is N#Cc1ccc(NC(=O)O[C@@H](c2ccc(O)cc2)[C@H](CC/C=C/C(=O)Nc2ccccc2N)Oc2ccccc2)cc1. The third-order valence-electron chi connectivity index (χ3n) is 6.19. The number of para-hydroxylation sites is 3. The number of amides is 2. The molecular weight excluding hydrogens is 532 g/mol. The zero-order valence-corrected chi connectivity index (χ0v) is 22.6. The average Bonchev–Trinajstić information content (AvgIpc) is 3.00. The van der Waals surface area contributed by atoms with Crippen molar-refractivity contribution < 1.29 is 24.2 Å². The number of nitrogens with two attached hydrogens (primary N) is 1. The zero-order valence-electron chi connectivity index (χ0n) is 22.6. The largest absolute Gasteiger partial charge is 0.508 e. The van der Waals surface area contributed by atoms with Crippen molar-refractivity contribution in [2.45, 2.75) is 25.0 Å². The Hall–Kier alpha value is -5.75. The minimum Gasteiger partial charge on any atom is -0.508 e. The molecule has 0 bridgehead atoms. The fourth-order valence-electron chi connectivity index (χ4n) is 4.10. The van der Waals surface area contributed by atoms with Crippen molar-refractivity contribution in [2.24, 2.45) is 0 Å². The number of rotatable bonds is 11. The van der Waals surface area contributed by atoms with Gasteiger partial charge in [-0.3, -0.25) is 10.1 Å². The second kappa shape index (κ2) is 14.6. The van der Waals surface area contributed by atoms with Gasteiger partial charge in [0.05, 0.1) is 23.0 Å². The summed E-state index contributed by atoms with van der Waals surface area (Å²) >= 11 is 0. The molecule has 42 heavy (non-hydrogen) atoms. The Balaban J connectivity index is 1.52. The summed E-state index contributed by atoms with van der Waals surface area (Å²) in [5.41, 5.74) is 8.40. The number of phenols is 1. The van der Waals surface area contributed by atoms with Gasteiger partial charge in [-0.1, -0.05) is 48.5 Å². The number of anilines is 3. The fourth-order valence-corrected chi connectivity index (χ4v) is 4.10. The van der Waals surface area contributed by atoms with Crippen LogP contribution >= 0.6 is 0 Å². The summed E-state index contributed by atoms with van der Waals surface area (Å²) in [4.78, 5) is 25.5. The van der Waals surface area contributed by atoms with E-state index in [1.54, 1.807) is 78.9 Å². The van der Waals surface area contributed by atoms with Crippen LogP contribution in [0.15, 0.2) is 115 Å². The van der Waals surface area contributed by atoms with E-state index < -0.39 is 18.3 Å². The van der Waals surface area contributed by atoms with E-state index >= 15 is 0 Å². The first kappa shape index (κ1) is 29.2. The number of allylic oxidation sites excluding steroid dienone is 1. The topological polar surface area (TPSA) is 147 Å². The molecule has 4 aromatic rings. The first-order valence-electron chi connectivity index (χ1n) is 13.2. The average molecular weight is 563 g/mol. The molecule has 0 heterocycles. The van der Waals surface area contributed by atoms with Gasteiger partial charge in [-0.05, 0) is 85.1 Å². The third-order valence-corrected chi connectivity index (χ3v) is 6.19. The quantitative estimate of drug-likeness (QED) is 0.120. The molecule has 2 atom stereocenters. The number of aromatic hydroxyl groups is 1. The lowest BCUT2D eigenvalue weighted by Crippen LogP contribution is -2.31. The van der Waals surface area contributed by atoms with E-state index in [-0.39, 0.29) is 11.7 Å². The highest BCUT2D eigenvalue weighted by Gasteiger charge is 2.29. The van der Waals surface area contributed by atoms with Crippen molar-refractivity contribution in [3.8, 4) is 17.6 Å². The van der Waals surface area contributed by atoms with Gasteiger partial charge in [0.1, 0.15) is 17.6 Å². The molecule has 9 nitrogen and oxygen atoms in total. The maximum atomic E-state index is 13.0. The summed E-state index contributed by atoms with van der Waals surface area (Å²) in [5.74, 6) is 0.304. The lowest BCUT2D eigenvalue weighted by Gasteiger charge is -2.28. The monoisotopic (exact) mass is 562 g/mol. The van der Waals surface area contributed by atoms with Crippen LogP contribution < -0.4 is 21.1 Å². The standard InChI is InChI=1S/C33H30N4O5/c34-22-23-14-18-25(19-15-23)36-33(40)42-32(24-16-20-26(38)21-17-24)30(41-27-8-2-1-3-9-27)12-6-7-13-31(39)37-29-11-5-4-10-28(29)35/h1-5,7-11,13-21,30,32,38H,6,12,35H2,(H,36,40)(H,37,39)/b13-7+/t30-,32-/m0/s1. The molecule has 0 saturated heterocycles. The third kappa shape index (κ3) is 8.63. The van der Waals surface area contributed by atoms with Crippen LogP contribution in [0.2, 0.25) is 0 Å². The molecule has 0 aromatic heterocycles. The molecule has 5 N–H and O–H groups in total. The number of ether oxygens (including phenoxy) is 2. The van der Waals surface area contributed by atoms with Gasteiger partial charge in [0.25, 0.3) is 0 Å². The molecule has 0 aliphatic carbocycles. The Bertz CT molecular complexity index is 1550. The lowest BCUT2D eigenvalue weighted by molar-refractivity contribution is -0.111. The minimum absolute atomic E-state index is 0.0630. The van der Waals surface area contributed by atoms with E-state index in [0.717, 1.165) is 0 Å². The van der Waals surface area contributed by atoms with E-state index in [9.17, 15) is 14.7 Å². The van der Waals surface area contributed by atoms with Crippen LogP contribution in [0.5, 0.6) is 11.5 Å². The smallest absolute Gasteiger partial charge is 0.412 e. The number of nitriles is 1. The normalized spacial score (nSPS) is 12.1. The number of carbonyl (C=O) groups excluding carboxylic acids is 2. The first-order valence-corrected chi connectivity index (χ1v) is 13.2. The Morgan fingerprint density at radius 2 is 1.60 bits per heavy atom. The van der Waals surface area contributed by atoms with Gasteiger partial charge >= 0.3 is 6.09 Å². The molecule has 0 spiro atoms. The Morgan fingerprint density at radius 3 is 2.29 bits per heavy atom. The van der Waals surface area contributed by atoms with Crippen molar-refractivity contribution in [3.05, 3.63) is 126 Å². The summed E-state index contributed by atoms with van der Waals surface area (Å²) in [7, 11) is 0. The number of nitrogen functional groups attached to an aromatic ring is 1. The van der Waals surface area contributed by atoms with Gasteiger partial charge in [-0.15, -0.1) is 0 Å². The van der Waals surface area contributed by atoms with Gasteiger partial charge in [-0.25, -0.2) is 4.79 Å². The lowest BCUT2D eigenvalue weighted by atomic mass is 10.00. The Kier molecular flexibility index (Phi) is 10.2. The maximum absolute atomic E-state index is 13.0. The molecule has 0 aliphatic heterocycles. The maximum Gasteiger partial charge on any atom is 0.412 e. The highest BCUT2D eigenvalue weighted by molar-refractivity contribution is 6.01. The predicted octanol–water partition coefficient (Wildman–Crippen LogP) is 6.56. The van der Waals surface area contributed by atoms with Crippen LogP contribution in [0.1, 0.15) is 30.1 Å². The Labute approximate surface area is 243 Å². The summed E-state index contributed by atoms with van der Waals surface area (Å²) < 4.78 is 12.2. The highest BCUT2D eigenvalue weighted by atomic mass is 16.6. The summed E-state index contributed by atoms with van der Waals surface area (Å²) in [6, 6.07) is 30.8. The van der Waals surface area contributed by atoms with Crippen LogP contribution in [0.25, 0.3) is 0 Å². The molecule has 0 radical (unpaired) electrons. The van der Waals surface area contributed by atoms with Crippen molar-refractivity contribution in [1.82, 2.24) is 0 Å². The molecular formula is C33H30N4O5. The van der Waals surface area contributed by atoms with E-state index in [1.807, 2.05) is 24.3 Å². The van der Waals surface area contributed by atoms with E-state index in [1.165, 1.54) is 18.2 Å². The molecule has 0 aliphatic rings. The van der Waals surface area contributed by atoms with Gasteiger partial charge in [-0.2, -0.15) is 5.26 Å². The van der Waals surface area contributed by atoms with Gasteiger partial charge < -0.3 is 25.6 Å². The van der Waals surface area contributed by atoms with Gasteiger partial charge in [0.15, 0.2) is 6.10 Å². The van der Waals surface area contributed by atoms with Crippen molar-refractivity contribution in [3.63, 3.8) is 0 Å². The number of phenolic OH excluding ortho intramolecular Hbond substituents is 1. The molecule has 0 saturated carbocycles. The van der Waals surface area contributed by atoms with Gasteiger partial charge in [0, 0.05) is 5.69 Å². The molecule has 9 heteroatoms. The van der Waals surface area contributed by atoms with Gasteiger partial charge in [0.2, 0.25) is 5.91 Å². The van der Waals surface area contributed by atoms with E-state index in [4.69, 9.17) is 20.5 Å². The minimum atomic E-state index is -0.879. The van der Waals surface area contributed by atoms with Crippen LogP contribution in [0.3, 0.4) is 0 Å². The number of hydrogen-bond acceptors (Lipinski definition) is 7. The van der Waals surface area contributed by atoms with Crippen molar-refractivity contribution in [2.75, 3.05) is 16.4 Å². The first-order chi connectivity index (χ1) is 20.4. The summed E-state index contributed by atoms with van der Waals surface area (Å²) in [6.45, 7) is 0. The number of nitrogens with one attached hydrogen (secondary N) is 2. The van der Waals surface area contributed by atoms with E-state index in [2.05, 4.69) is 10.6 Å². The molecule has 212 valence electrons. The van der Waals surface area contributed by atoms with Crippen LogP contribution in [-0.2, 0) is 9.53 Å². The van der Waals surface area contributed by atoms with Crippen LogP contribution in [-0.4, -0.2) is 23.2 Å². The molecule has 2 amide bonds. The zero-order chi connectivity index (χ0) is 29.7. The Morgan fingerprint density at radius 1 is 0.905 bits per heavy atom. The second-order valence-electron chi connectivity index (χ2n) is 9.26. The number of hydrogen-bond donors (Lipinski definition) is 4. The van der Waals surface area contributed by atoms with Crippen LogP contribution in [0, 0.1) is 11.3 Å². The number of carbonyl (C=O) groups is 2. The summed E-state index contributed by atoms with van der Waals surface area (Å²) in [5, 5.41) is 24.3. The summed E-state index contributed by atoms with van der Waals surface area (Å²) in [6.07, 6.45) is 1.65. The fraction of sp³-hybridized carbons (Fsp3) is 0.121. The van der Waals surface area contributed by atoms with Crippen molar-refractivity contribution in [1.29, 1.82) is 5.26 Å².